The molecule has 4 N–H and O–H groups in total. The van der Waals surface area contributed by atoms with E-state index in [1.54, 1.807) is 36.9 Å². The van der Waals surface area contributed by atoms with Gasteiger partial charge < -0.3 is 10.7 Å². The van der Waals surface area contributed by atoms with Gasteiger partial charge in [0.15, 0.2) is 17.1 Å². The number of aromatic nitrogens is 7. The first-order valence-corrected chi connectivity index (χ1v) is 9.82. The highest BCUT2D eigenvalue weighted by Crippen LogP contribution is 2.32. The monoisotopic (exact) mass is 422 g/mol. The summed E-state index contributed by atoms with van der Waals surface area (Å²) >= 11 is 0. The third-order valence-electron chi connectivity index (χ3n) is 5.27. The quantitative estimate of drug-likeness (QED) is 0.390. The first-order chi connectivity index (χ1) is 15.7. The number of H-pyrrole nitrogens is 2. The zero-order chi connectivity index (χ0) is 21.7. The van der Waals surface area contributed by atoms with Gasteiger partial charge in [0.2, 0.25) is 0 Å². The van der Waals surface area contributed by atoms with Crippen molar-refractivity contribution in [3.05, 3.63) is 73.1 Å². The van der Waals surface area contributed by atoms with E-state index in [2.05, 4.69) is 30.1 Å². The lowest BCUT2D eigenvalue weighted by atomic mass is 10.1. The average molecular weight is 422 g/mol. The third kappa shape index (κ3) is 2.95. The first kappa shape index (κ1) is 18.1. The number of hydrogen-bond acceptors (Lipinski definition) is 6. The van der Waals surface area contributed by atoms with Crippen molar-refractivity contribution in [3.8, 4) is 33.8 Å². The molecule has 1 aromatic carbocycles. The summed E-state index contributed by atoms with van der Waals surface area (Å²) in [6.07, 6.45) is 6.77. The highest BCUT2D eigenvalue weighted by molar-refractivity contribution is 5.96. The van der Waals surface area contributed by atoms with Gasteiger partial charge in [0.25, 0.3) is 0 Å². The molecule has 0 atom stereocenters. The highest BCUT2D eigenvalue weighted by atomic mass is 19.1. The van der Waals surface area contributed by atoms with Crippen LogP contribution >= 0.6 is 0 Å². The molecule has 0 bridgehead atoms. The fourth-order valence-corrected chi connectivity index (χ4v) is 3.74. The van der Waals surface area contributed by atoms with Crippen molar-refractivity contribution in [2.24, 2.45) is 0 Å². The largest absolute Gasteiger partial charge is 0.397 e. The number of rotatable bonds is 3. The maximum absolute atomic E-state index is 13.4. The van der Waals surface area contributed by atoms with E-state index in [9.17, 15) is 4.39 Å². The number of nitrogens with two attached hydrogens (primary N) is 1. The molecule has 8 nitrogen and oxygen atoms in total. The van der Waals surface area contributed by atoms with Crippen LogP contribution in [0.3, 0.4) is 0 Å². The number of imidazole rings is 1. The number of nitrogens with one attached hydrogen (secondary N) is 2. The van der Waals surface area contributed by atoms with Crippen LogP contribution < -0.4 is 5.73 Å². The Balaban J connectivity index is 1.50. The Labute approximate surface area is 180 Å². The Kier molecular flexibility index (Phi) is 3.94. The minimum atomic E-state index is -0.288. The van der Waals surface area contributed by atoms with Crippen LogP contribution in [0, 0.1) is 5.82 Å². The van der Waals surface area contributed by atoms with Crippen LogP contribution in [-0.2, 0) is 0 Å². The minimum absolute atomic E-state index is 0.288. The second kappa shape index (κ2) is 6.95. The van der Waals surface area contributed by atoms with Gasteiger partial charge in [-0.2, -0.15) is 5.10 Å². The molecule has 9 heteroatoms. The lowest BCUT2D eigenvalue weighted by Gasteiger charge is -2.02. The van der Waals surface area contributed by atoms with E-state index in [-0.39, 0.29) is 5.82 Å². The molecule has 0 spiro atoms. The van der Waals surface area contributed by atoms with E-state index in [4.69, 9.17) is 10.7 Å². The molecule has 0 amide bonds. The van der Waals surface area contributed by atoms with Crippen LogP contribution in [0.15, 0.2) is 67.3 Å². The second-order valence-corrected chi connectivity index (χ2v) is 7.35. The number of pyridine rings is 3. The molecule has 5 heterocycles. The number of nitrogens with zero attached hydrogens (tertiary/aromatic N) is 5. The average Bonchev–Trinajstić information content (AvgIpc) is 3.43. The molecule has 0 unspecified atom stereocenters. The van der Waals surface area contributed by atoms with E-state index in [0.717, 1.165) is 27.6 Å². The summed E-state index contributed by atoms with van der Waals surface area (Å²) in [5, 5.41) is 8.18. The SMILES string of the molecule is Nc1cncc(-c2cnc3[nH]nc(-c4nc5c(-c6ccc(F)cc6)ccnc5[nH]4)c3c2)c1. The summed E-state index contributed by atoms with van der Waals surface area (Å²) in [7, 11) is 0. The summed E-state index contributed by atoms with van der Waals surface area (Å²) in [5.41, 5.74) is 12.4. The summed E-state index contributed by atoms with van der Waals surface area (Å²) in [5.74, 6) is 0.265. The number of aromatic amines is 2. The summed E-state index contributed by atoms with van der Waals surface area (Å²) in [6, 6.07) is 12.0. The Hall–Kier alpha value is -4.66. The summed E-state index contributed by atoms with van der Waals surface area (Å²) in [4.78, 5) is 21.0. The van der Waals surface area contributed by atoms with E-state index >= 15 is 0 Å². The van der Waals surface area contributed by atoms with Crippen molar-refractivity contribution >= 4 is 27.9 Å². The normalized spacial score (nSPS) is 11.4. The predicted molar refractivity (Wildman–Crippen MR) is 120 cm³/mol. The molecule has 6 aromatic rings. The van der Waals surface area contributed by atoms with Gasteiger partial charge in [-0.05, 0) is 35.9 Å². The lowest BCUT2D eigenvalue weighted by molar-refractivity contribution is 0.628. The van der Waals surface area contributed by atoms with Gasteiger partial charge in [-0.25, -0.2) is 19.3 Å². The summed E-state index contributed by atoms with van der Waals surface area (Å²) in [6.45, 7) is 0. The molecule has 0 radical (unpaired) electrons. The first-order valence-electron chi connectivity index (χ1n) is 9.82. The molecule has 0 saturated heterocycles. The molecule has 6 rings (SSSR count). The Morgan fingerprint density at radius 2 is 1.69 bits per heavy atom. The molecule has 0 aliphatic heterocycles. The van der Waals surface area contributed by atoms with E-state index in [1.165, 1.54) is 12.1 Å². The van der Waals surface area contributed by atoms with Crippen LogP contribution in [0.4, 0.5) is 10.1 Å². The molecule has 32 heavy (non-hydrogen) atoms. The molecule has 0 aliphatic rings. The summed E-state index contributed by atoms with van der Waals surface area (Å²) < 4.78 is 13.4. The fraction of sp³-hybridized carbons (Fsp3) is 0. The number of fused-ring (bicyclic) bond motifs is 2. The molecular formula is C23H15FN8. The Morgan fingerprint density at radius 3 is 2.53 bits per heavy atom. The minimum Gasteiger partial charge on any atom is -0.397 e. The highest BCUT2D eigenvalue weighted by Gasteiger charge is 2.17. The standard InChI is InChI=1S/C23H15FN8/c24-15-3-1-12(2-4-15)17-5-6-27-22-19(17)29-23(30-22)20-18-8-14(10-28-21(18)32-31-20)13-7-16(25)11-26-9-13/h1-11H,25H2,(H,27,29,30)(H,28,31,32). The van der Waals surface area contributed by atoms with Crippen molar-refractivity contribution in [3.63, 3.8) is 0 Å². The van der Waals surface area contributed by atoms with Crippen molar-refractivity contribution in [2.75, 3.05) is 5.73 Å². The zero-order valence-electron chi connectivity index (χ0n) is 16.5. The van der Waals surface area contributed by atoms with Gasteiger partial charge in [0, 0.05) is 41.5 Å². The van der Waals surface area contributed by atoms with E-state index < -0.39 is 0 Å². The number of hydrogen-bond donors (Lipinski definition) is 3. The van der Waals surface area contributed by atoms with Crippen molar-refractivity contribution in [1.29, 1.82) is 0 Å². The molecule has 0 aliphatic carbocycles. The van der Waals surface area contributed by atoms with Gasteiger partial charge in [-0.1, -0.05) is 12.1 Å². The van der Waals surface area contributed by atoms with Crippen LogP contribution in [0.2, 0.25) is 0 Å². The van der Waals surface area contributed by atoms with Gasteiger partial charge in [-0.3, -0.25) is 10.1 Å². The molecule has 0 fully saturated rings. The smallest absolute Gasteiger partial charge is 0.161 e. The van der Waals surface area contributed by atoms with E-state index in [0.29, 0.717) is 34.0 Å². The maximum atomic E-state index is 13.4. The number of anilines is 1. The fourth-order valence-electron chi connectivity index (χ4n) is 3.74. The van der Waals surface area contributed by atoms with Crippen LogP contribution in [0.5, 0.6) is 0 Å². The lowest BCUT2D eigenvalue weighted by Crippen LogP contribution is -1.89. The van der Waals surface area contributed by atoms with Crippen molar-refractivity contribution < 1.29 is 4.39 Å². The molecule has 5 aromatic heterocycles. The van der Waals surface area contributed by atoms with Gasteiger partial charge in [0.1, 0.15) is 17.0 Å². The van der Waals surface area contributed by atoms with Crippen LogP contribution in [0.1, 0.15) is 0 Å². The van der Waals surface area contributed by atoms with E-state index in [1.807, 2.05) is 18.2 Å². The van der Waals surface area contributed by atoms with Crippen molar-refractivity contribution in [2.45, 2.75) is 0 Å². The van der Waals surface area contributed by atoms with Gasteiger partial charge in [0.05, 0.1) is 11.1 Å². The Morgan fingerprint density at radius 1 is 0.844 bits per heavy atom. The number of nitrogen functional groups attached to an aromatic ring is 1. The predicted octanol–water partition coefficient (Wildman–Crippen LogP) is 4.35. The second-order valence-electron chi connectivity index (χ2n) is 7.35. The maximum Gasteiger partial charge on any atom is 0.161 e. The van der Waals surface area contributed by atoms with Crippen molar-refractivity contribution in [1.82, 2.24) is 35.1 Å². The van der Waals surface area contributed by atoms with Crippen LogP contribution in [-0.4, -0.2) is 35.1 Å². The van der Waals surface area contributed by atoms with Crippen LogP contribution in [0.25, 0.3) is 56.0 Å². The molecule has 0 saturated carbocycles. The Bertz CT molecular complexity index is 1600. The van der Waals surface area contributed by atoms with Gasteiger partial charge in [-0.15, -0.1) is 0 Å². The number of halogens is 1. The number of benzene rings is 1. The third-order valence-corrected chi connectivity index (χ3v) is 5.27. The van der Waals surface area contributed by atoms with Gasteiger partial charge >= 0.3 is 0 Å². The zero-order valence-corrected chi connectivity index (χ0v) is 16.5. The topological polar surface area (TPSA) is 122 Å². The molecule has 154 valence electrons. The molecular weight excluding hydrogens is 407 g/mol.